The van der Waals surface area contributed by atoms with Gasteiger partial charge in [0.05, 0.1) is 5.75 Å². The lowest BCUT2D eigenvalue weighted by atomic mass is 10.00. The van der Waals surface area contributed by atoms with Crippen molar-refractivity contribution in [1.29, 1.82) is 0 Å². The molecule has 0 bridgehead atoms. The Bertz CT molecular complexity index is 358. The van der Waals surface area contributed by atoms with E-state index in [1.54, 1.807) is 4.31 Å². The molecule has 0 saturated carbocycles. The second kappa shape index (κ2) is 7.02. The zero-order valence-corrected chi connectivity index (χ0v) is 12.4. The zero-order chi connectivity index (χ0) is 13.7. The van der Waals surface area contributed by atoms with E-state index in [-0.39, 0.29) is 18.3 Å². The van der Waals surface area contributed by atoms with Gasteiger partial charge in [-0.2, -0.15) is 0 Å². The molecule has 0 aromatic heterocycles. The molecule has 112 valence electrons. The van der Waals surface area contributed by atoms with Crippen LogP contribution in [0.1, 0.15) is 38.5 Å². The molecule has 2 rings (SSSR count). The minimum atomic E-state index is -3.10. The van der Waals surface area contributed by atoms with E-state index in [0.717, 1.165) is 32.2 Å². The lowest BCUT2D eigenvalue weighted by Gasteiger charge is -2.31. The molecule has 0 aromatic carbocycles. The highest BCUT2D eigenvalue weighted by Crippen LogP contribution is 2.20. The van der Waals surface area contributed by atoms with E-state index in [2.05, 4.69) is 5.32 Å². The van der Waals surface area contributed by atoms with Gasteiger partial charge in [-0.05, 0) is 44.6 Å². The summed E-state index contributed by atoms with van der Waals surface area (Å²) in [5.74, 6) is 0.542. The second-order valence-electron chi connectivity index (χ2n) is 5.78. The number of aliphatic hydroxyl groups is 1. The van der Waals surface area contributed by atoms with Crippen molar-refractivity contribution in [3.8, 4) is 0 Å². The molecule has 2 aliphatic rings. The summed E-state index contributed by atoms with van der Waals surface area (Å²) in [5.41, 5.74) is 0. The molecule has 2 aliphatic heterocycles. The van der Waals surface area contributed by atoms with Gasteiger partial charge in [-0.15, -0.1) is 0 Å². The van der Waals surface area contributed by atoms with Gasteiger partial charge in [0.1, 0.15) is 0 Å². The molecule has 6 heteroatoms. The molecule has 0 aromatic rings. The van der Waals surface area contributed by atoms with E-state index >= 15 is 0 Å². The first kappa shape index (κ1) is 15.2. The number of sulfonamides is 1. The summed E-state index contributed by atoms with van der Waals surface area (Å²) in [6.45, 7) is 2.35. The maximum absolute atomic E-state index is 12.3. The Morgan fingerprint density at radius 2 is 1.89 bits per heavy atom. The lowest BCUT2D eigenvalue weighted by molar-refractivity contribution is 0.170. The van der Waals surface area contributed by atoms with Crippen molar-refractivity contribution in [3.05, 3.63) is 0 Å². The molecule has 0 amide bonds. The van der Waals surface area contributed by atoms with Crippen LogP contribution >= 0.6 is 0 Å². The predicted molar refractivity (Wildman–Crippen MR) is 75.4 cm³/mol. The van der Waals surface area contributed by atoms with Crippen LogP contribution < -0.4 is 5.32 Å². The first-order valence-corrected chi connectivity index (χ1v) is 9.05. The number of hydrogen-bond donors (Lipinski definition) is 2. The molecule has 2 fully saturated rings. The Labute approximate surface area is 116 Å². The van der Waals surface area contributed by atoms with E-state index in [1.807, 2.05) is 0 Å². The Kier molecular flexibility index (Phi) is 5.62. The fourth-order valence-corrected chi connectivity index (χ4v) is 4.57. The van der Waals surface area contributed by atoms with Crippen LogP contribution in [0.2, 0.25) is 0 Å². The van der Waals surface area contributed by atoms with Gasteiger partial charge in [-0.1, -0.05) is 6.42 Å². The first-order chi connectivity index (χ1) is 9.12. The van der Waals surface area contributed by atoms with Gasteiger partial charge in [0, 0.05) is 25.7 Å². The van der Waals surface area contributed by atoms with Crippen LogP contribution in [0.15, 0.2) is 0 Å². The quantitative estimate of drug-likeness (QED) is 0.776. The molecule has 1 atom stereocenters. The zero-order valence-electron chi connectivity index (χ0n) is 11.6. The van der Waals surface area contributed by atoms with Gasteiger partial charge in [0.15, 0.2) is 0 Å². The summed E-state index contributed by atoms with van der Waals surface area (Å²) < 4.78 is 26.1. The third-order valence-electron chi connectivity index (χ3n) is 4.36. The van der Waals surface area contributed by atoms with Crippen LogP contribution in [0.5, 0.6) is 0 Å². The molecule has 19 heavy (non-hydrogen) atoms. The Morgan fingerprint density at radius 3 is 2.47 bits per heavy atom. The summed E-state index contributed by atoms with van der Waals surface area (Å²) >= 11 is 0. The fraction of sp³-hybridized carbons (Fsp3) is 1.00. The second-order valence-corrected chi connectivity index (χ2v) is 7.86. The maximum Gasteiger partial charge on any atom is 0.214 e. The average Bonchev–Trinajstić information content (AvgIpc) is 2.46. The lowest BCUT2D eigenvalue weighted by Crippen LogP contribution is -2.42. The number of nitrogens with one attached hydrogen (secondary N) is 1. The summed E-state index contributed by atoms with van der Waals surface area (Å²) in [5, 5.41) is 12.5. The van der Waals surface area contributed by atoms with Crippen LogP contribution in [-0.2, 0) is 10.0 Å². The van der Waals surface area contributed by atoms with Crippen LogP contribution in [0.3, 0.4) is 0 Å². The molecule has 0 spiro atoms. The number of nitrogens with zero attached hydrogens (tertiary/aromatic N) is 1. The van der Waals surface area contributed by atoms with Crippen molar-refractivity contribution in [2.24, 2.45) is 5.92 Å². The number of aliphatic hydroxyl groups excluding tert-OH is 1. The van der Waals surface area contributed by atoms with Gasteiger partial charge in [-0.25, -0.2) is 12.7 Å². The van der Waals surface area contributed by atoms with E-state index < -0.39 is 10.0 Å². The van der Waals surface area contributed by atoms with Crippen molar-refractivity contribution in [3.63, 3.8) is 0 Å². The molecular formula is C13H26N2O3S. The van der Waals surface area contributed by atoms with Crippen molar-refractivity contribution in [2.45, 2.75) is 44.6 Å². The third kappa shape index (κ3) is 4.41. The van der Waals surface area contributed by atoms with Crippen molar-refractivity contribution < 1.29 is 13.5 Å². The van der Waals surface area contributed by atoms with Gasteiger partial charge < -0.3 is 10.4 Å². The standard InChI is InChI=1S/C13H26N2O3S/c16-11-12-4-8-15(9-5-12)19(17,18)10-6-13-3-1-2-7-14-13/h12-14,16H,1-11H2. The van der Waals surface area contributed by atoms with Crippen molar-refractivity contribution in [1.82, 2.24) is 9.62 Å². The average molecular weight is 290 g/mol. The Balaban J connectivity index is 1.78. The number of hydrogen-bond acceptors (Lipinski definition) is 4. The topological polar surface area (TPSA) is 69.6 Å². The first-order valence-electron chi connectivity index (χ1n) is 7.44. The monoisotopic (exact) mass is 290 g/mol. The van der Waals surface area contributed by atoms with E-state index in [1.165, 1.54) is 12.8 Å². The van der Waals surface area contributed by atoms with Crippen LogP contribution in [0.4, 0.5) is 0 Å². The molecule has 2 N–H and O–H groups in total. The minimum absolute atomic E-state index is 0.180. The van der Waals surface area contributed by atoms with Crippen LogP contribution in [-0.4, -0.2) is 55.9 Å². The van der Waals surface area contributed by atoms with Crippen molar-refractivity contribution >= 4 is 10.0 Å². The SMILES string of the molecule is O=S(=O)(CCC1CCCCN1)N1CCC(CO)CC1. The van der Waals surface area contributed by atoms with E-state index in [9.17, 15) is 8.42 Å². The van der Waals surface area contributed by atoms with E-state index in [4.69, 9.17) is 5.11 Å². The molecule has 0 aliphatic carbocycles. The number of piperidine rings is 2. The maximum atomic E-state index is 12.3. The van der Waals surface area contributed by atoms with Gasteiger partial charge in [-0.3, -0.25) is 0 Å². The van der Waals surface area contributed by atoms with Gasteiger partial charge in [0.2, 0.25) is 10.0 Å². The summed E-state index contributed by atoms with van der Waals surface area (Å²) in [4.78, 5) is 0. The summed E-state index contributed by atoms with van der Waals surface area (Å²) in [6.07, 6.45) is 5.82. The highest BCUT2D eigenvalue weighted by atomic mass is 32.2. The van der Waals surface area contributed by atoms with Gasteiger partial charge in [0.25, 0.3) is 0 Å². The van der Waals surface area contributed by atoms with Gasteiger partial charge >= 0.3 is 0 Å². The smallest absolute Gasteiger partial charge is 0.214 e. The molecule has 0 radical (unpaired) electrons. The van der Waals surface area contributed by atoms with Crippen LogP contribution in [0, 0.1) is 5.92 Å². The minimum Gasteiger partial charge on any atom is -0.396 e. The fourth-order valence-electron chi connectivity index (χ4n) is 2.96. The molecule has 5 nitrogen and oxygen atoms in total. The Morgan fingerprint density at radius 1 is 1.16 bits per heavy atom. The van der Waals surface area contributed by atoms with Crippen LogP contribution in [0.25, 0.3) is 0 Å². The Hall–Kier alpha value is -0.170. The molecule has 1 unspecified atom stereocenters. The summed E-state index contributed by atoms with van der Waals surface area (Å²) in [6, 6.07) is 0.374. The predicted octanol–water partition coefficient (Wildman–Crippen LogP) is 0.553. The molecular weight excluding hydrogens is 264 g/mol. The highest BCUT2D eigenvalue weighted by molar-refractivity contribution is 7.89. The molecule has 2 saturated heterocycles. The third-order valence-corrected chi connectivity index (χ3v) is 6.27. The number of rotatable bonds is 5. The molecule has 2 heterocycles. The normalized spacial score (nSPS) is 27.5. The largest absolute Gasteiger partial charge is 0.396 e. The highest BCUT2D eigenvalue weighted by Gasteiger charge is 2.28. The van der Waals surface area contributed by atoms with Crippen molar-refractivity contribution in [2.75, 3.05) is 32.0 Å². The summed E-state index contributed by atoms with van der Waals surface area (Å²) in [7, 11) is -3.10. The van der Waals surface area contributed by atoms with E-state index in [0.29, 0.717) is 19.1 Å².